The summed E-state index contributed by atoms with van der Waals surface area (Å²) < 4.78 is 5.49. The third-order valence-corrected chi connectivity index (χ3v) is 2.51. The molecule has 2 rings (SSSR count). The molecule has 1 aromatic carbocycles. The minimum absolute atomic E-state index is 0.0625. The number of rotatable bonds is 4. The molecule has 0 aliphatic heterocycles. The number of aromatic nitrogens is 2. The SMILES string of the molecule is CC(C)Oc1ccc(-c2[nH][nH]c(=O)c2C(=O)O)cc1. The monoisotopic (exact) mass is 262 g/mol. The van der Waals surface area contributed by atoms with Crippen molar-refractivity contribution in [1.29, 1.82) is 0 Å². The van der Waals surface area contributed by atoms with Crippen LogP contribution in [0.3, 0.4) is 0 Å². The Balaban J connectivity index is 2.38. The van der Waals surface area contributed by atoms with Crippen LogP contribution in [0.25, 0.3) is 11.3 Å². The van der Waals surface area contributed by atoms with E-state index in [-0.39, 0.29) is 17.4 Å². The molecular weight excluding hydrogens is 248 g/mol. The van der Waals surface area contributed by atoms with E-state index in [9.17, 15) is 9.59 Å². The quantitative estimate of drug-likeness (QED) is 0.783. The number of carboxylic acids is 1. The van der Waals surface area contributed by atoms with Gasteiger partial charge in [0.15, 0.2) is 5.56 Å². The van der Waals surface area contributed by atoms with E-state index >= 15 is 0 Å². The lowest BCUT2D eigenvalue weighted by molar-refractivity contribution is 0.0696. The van der Waals surface area contributed by atoms with Crippen molar-refractivity contribution in [2.45, 2.75) is 20.0 Å². The molecule has 6 nitrogen and oxygen atoms in total. The first-order valence-corrected chi connectivity index (χ1v) is 5.80. The standard InChI is InChI=1S/C13H14N2O4/c1-7(2)19-9-5-3-8(4-6-9)11-10(13(17)18)12(16)15-14-11/h3-7H,1-2H3,(H,17,18)(H2,14,15,16). The lowest BCUT2D eigenvalue weighted by Gasteiger charge is -2.09. The zero-order valence-corrected chi connectivity index (χ0v) is 10.6. The van der Waals surface area contributed by atoms with Gasteiger partial charge in [-0.1, -0.05) is 0 Å². The summed E-state index contributed by atoms with van der Waals surface area (Å²) in [6, 6.07) is 6.85. The number of hydrogen-bond acceptors (Lipinski definition) is 3. The van der Waals surface area contributed by atoms with E-state index in [4.69, 9.17) is 9.84 Å². The van der Waals surface area contributed by atoms with Gasteiger partial charge in [0.25, 0.3) is 5.56 Å². The fraction of sp³-hybridized carbons (Fsp3) is 0.231. The van der Waals surface area contributed by atoms with Crippen LogP contribution >= 0.6 is 0 Å². The van der Waals surface area contributed by atoms with Crippen molar-refractivity contribution in [3.8, 4) is 17.0 Å². The lowest BCUT2D eigenvalue weighted by atomic mass is 10.1. The van der Waals surface area contributed by atoms with E-state index in [0.717, 1.165) is 0 Å². The van der Waals surface area contributed by atoms with Gasteiger partial charge in [-0.2, -0.15) is 0 Å². The van der Waals surface area contributed by atoms with Gasteiger partial charge in [0, 0.05) is 5.56 Å². The molecule has 1 aromatic heterocycles. The first-order chi connectivity index (χ1) is 8.99. The van der Waals surface area contributed by atoms with Crippen LogP contribution in [0.1, 0.15) is 24.2 Å². The molecule has 100 valence electrons. The van der Waals surface area contributed by atoms with Crippen molar-refractivity contribution < 1.29 is 14.6 Å². The Hall–Kier alpha value is -2.50. The van der Waals surface area contributed by atoms with Gasteiger partial charge >= 0.3 is 5.97 Å². The fourth-order valence-corrected chi connectivity index (χ4v) is 1.75. The maximum absolute atomic E-state index is 11.4. The number of ether oxygens (including phenoxy) is 1. The summed E-state index contributed by atoms with van der Waals surface area (Å²) in [5.41, 5.74) is -0.0806. The molecule has 0 saturated heterocycles. The van der Waals surface area contributed by atoms with Gasteiger partial charge in [-0.3, -0.25) is 15.0 Å². The van der Waals surface area contributed by atoms with Crippen LogP contribution < -0.4 is 10.3 Å². The molecule has 19 heavy (non-hydrogen) atoms. The summed E-state index contributed by atoms with van der Waals surface area (Å²) >= 11 is 0. The molecule has 1 heterocycles. The largest absolute Gasteiger partial charge is 0.491 e. The van der Waals surface area contributed by atoms with Gasteiger partial charge in [-0.15, -0.1) is 0 Å². The summed E-state index contributed by atoms with van der Waals surface area (Å²) in [6.45, 7) is 3.83. The molecule has 0 amide bonds. The third kappa shape index (κ3) is 2.67. The smallest absolute Gasteiger partial charge is 0.343 e. The number of nitrogens with one attached hydrogen (secondary N) is 2. The second kappa shape index (κ2) is 5.01. The van der Waals surface area contributed by atoms with Crippen molar-refractivity contribution in [3.05, 3.63) is 40.2 Å². The average molecular weight is 262 g/mol. The highest BCUT2D eigenvalue weighted by Gasteiger charge is 2.18. The summed E-state index contributed by atoms with van der Waals surface area (Å²) in [5, 5.41) is 13.8. The zero-order chi connectivity index (χ0) is 14.0. The Morgan fingerprint density at radius 2 is 1.84 bits per heavy atom. The lowest BCUT2D eigenvalue weighted by Crippen LogP contribution is -2.12. The summed E-state index contributed by atoms with van der Waals surface area (Å²) in [6.07, 6.45) is 0.0625. The van der Waals surface area contributed by atoms with Gasteiger partial charge in [0.2, 0.25) is 0 Å². The number of benzene rings is 1. The molecule has 0 aliphatic carbocycles. The van der Waals surface area contributed by atoms with E-state index in [1.807, 2.05) is 13.8 Å². The molecule has 0 aliphatic rings. The first kappa shape index (κ1) is 12.9. The average Bonchev–Trinajstić information content (AvgIpc) is 2.71. The highest BCUT2D eigenvalue weighted by atomic mass is 16.5. The molecule has 0 spiro atoms. The third-order valence-electron chi connectivity index (χ3n) is 2.51. The Bertz CT molecular complexity index is 637. The van der Waals surface area contributed by atoms with Crippen LogP contribution in [-0.2, 0) is 0 Å². The van der Waals surface area contributed by atoms with Crippen molar-refractivity contribution in [2.75, 3.05) is 0 Å². The van der Waals surface area contributed by atoms with Crippen LogP contribution in [-0.4, -0.2) is 27.4 Å². The molecule has 6 heteroatoms. The van der Waals surface area contributed by atoms with Gasteiger partial charge in [-0.25, -0.2) is 4.79 Å². The molecule has 0 fully saturated rings. The van der Waals surface area contributed by atoms with Gasteiger partial charge < -0.3 is 9.84 Å². The number of H-pyrrole nitrogens is 2. The highest BCUT2D eigenvalue weighted by Crippen LogP contribution is 2.22. The second-order valence-corrected chi connectivity index (χ2v) is 4.33. The maximum Gasteiger partial charge on any atom is 0.343 e. The van der Waals surface area contributed by atoms with Crippen molar-refractivity contribution in [3.63, 3.8) is 0 Å². The number of carbonyl (C=O) groups is 1. The molecule has 0 atom stereocenters. The normalized spacial score (nSPS) is 10.7. The van der Waals surface area contributed by atoms with E-state index in [2.05, 4.69) is 10.2 Å². The molecule has 3 N–H and O–H groups in total. The van der Waals surface area contributed by atoms with Gasteiger partial charge in [0.05, 0.1) is 11.8 Å². The Morgan fingerprint density at radius 1 is 1.21 bits per heavy atom. The first-order valence-electron chi connectivity index (χ1n) is 5.80. The number of carboxylic acid groups (broad SMARTS) is 1. The fourth-order valence-electron chi connectivity index (χ4n) is 1.75. The predicted octanol–water partition coefficient (Wildman–Crippen LogP) is 1.86. The van der Waals surface area contributed by atoms with Gasteiger partial charge in [-0.05, 0) is 38.1 Å². The van der Waals surface area contributed by atoms with E-state index in [1.54, 1.807) is 24.3 Å². The summed E-state index contributed by atoms with van der Waals surface area (Å²) in [7, 11) is 0. The minimum Gasteiger partial charge on any atom is -0.491 e. The molecule has 0 radical (unpaired) electrons. The zero-order valence-electron chi connectivity index (χ0n) is 10.6. The Labute approximate surface area is 109 Å². The van der Waals surface area contributed by atoms with Crippen LogP contribution in [0.4, 0.5) is 0 Å². The van der Waals surface area contributed by atoms with E-state index < -0.39 is 11.5 Å². The Morgan fingerprint density at radius 3 is 2.37 bits per heavy atom. The summed E-state index contributed by atoms with van der Waals surface area (Å²) in [4.78, 5) is 22.4. The van der Waals surface area contributed by atoms with Crippen LogP contribution in [0.15, 0.2) is 29.1 Å². The maximum atomic E-state index is 11.4. The molecular formula is C13H14N2O4. The van der Waals surface area contributed by atoms with Crippen molar-refractivity contribution >= 4 is 5.97 Å². The predicted molar refractivity (Wildman–Crippen MR) is 69.6 cm³/mol. The van der Waals surface area contributed by atoms with Crippen molar-refractivity contribution in [1.82, 2.24) is 10.2 Å². The molecule has 2 aromatic rings. The minimum atomic E-state index is -1.26. The highest BCUT2D eigenvalue weighted by molar-refractivity contribution is 5.94. The number of aromatic amines is 2. The molecule has 0 unspecified atom stereocenters. The summed E-state index contributed by atoms with van der Waals surface area (Å²) in [5.74, 6) is -0.575. The Kier molecular flexibility index (Phi) is 3.41. The topological polar surface area (TPSA) is 95.2 Å². The number of hydrogen-bond donors (Lipinski definition) is 3. The molecule has 0 bridgehead atoms. The van der Waals surface area contributed by atoms with Crippen LogP contribution in [0.5, 0.6) is 5.75 Å². The molecule has 0 saturated carbocycles. The van der Waals surface area contributed by atoms with Crippen LogP contribution in [0.2, 0.25) is 0 Å². The van der Waals surface area contributed by atoms with E-state index in [0.29, 0.717) is 11.3 Å². The van der Waals surface area contributed by atoms with Crippen LogP contribution in [0, 0.1) is 0 Å². The van der Waals surface area contributed by atoms with Crippen molar-refractivity contribution in [2.24, 2.45) is 0 Å². The number of aromatic carboxylic acids is 1. The van der Waals surface area contributed by atoms with E-state index in [1.165, 1.54) is 0 Å². The second-order valence-electron chi connectivity index (χ2n) is 4.33. The van der Waals surface area contributed by atoms with Gasteiger partial charge in [0.1, 0.15) is 5.75 Å².